The van der Waals surface area contributed by atoms with Crippen LogP contribution in [-0.4, -0.2) is 11.6 Å². The van der Waals surface area contributed by atoms with Gasteiger partial charge in [0.2, 0.25) is 0 Å². The molecule has 0 bridgehead atoms. The van der Waals surface area contributed by atoms with Gasteiger partial charge in [0, 0.05) is 32.8 Å². The molecule has 0 heterocycles. The Hall–Kier alpha value is -1.45. The molecule has 0 amide bonds. The number of carbonyl (C=O) groups excluding carboxylic acids is 2. The van der Waals surface area contributed by atoms with Gasteiger partial charge in [0.25, 0.3) is 0 Å². The maximum absolute atomic E-state index is 11.8. The fraction of sp³-hybridized carbons (Fsp3) is 0.100. The van der Waals surface area contributed by atoms with Crippen LogP contribution in [-0.2, 0) is 21.7 Å². The number of ketones is 2. The van der Waals surface area contributed by atoms with Crippen LogP contribution in [0.5, 0.6) is 0 Å². The van der Waals surface area contributed by atoms with Crippen LogP contribution in [0, 0.1) is 6.08 Å². The monoisotopic (exact) mass is 409 g/mol. The van der Waals surface area contributed by atoms with Gasteiger partial charge in [0.05, 0.1) is 6.42 Å². The van der Waals surface area contributed by atoms with Crippen molar-refractivity contribution in [3.63, 3.8) is 0 Å². The summed E-state index contributed by atoms with van der Waals surface area (Å²) in [6.45, 7) is 0. The van der Waals surface area contributed by atoms with Crippen LogP contribution >= 0.6 is 24.8 Å². The second kappa shape index (κ2) is 14.9. The Balaban J connectivity index is 0. The van der Waals surface area contributed by atoms with Gasteiger partial charge in [-0.2, -0.15) is 6.08 Å². The Morgan fingerprint density at radius 2 is 1.24 bits per heavy atom. The molecule has 0 aliphatic heterocycles. The molecule has 2 aromatic rings. The molecule has 130 valence electrons. The molecule has 0 N–H and O–H groups in total. The topological polar surface area (TPSA) is 34.1 Å². The second-order valence-electron chi connectivity index (χ2n) is 4.76. The van der Waals surface area contributed by atoms with Gasteiger partial charge >= 0.3 is 0 Å². The average molecular weight is 410 g/mol. The summed E-state index contributed by atoms with van der Waals surface area (Å²) in [5, 5.41) is 0. The van der Waals surface area contributed by atoms with Gasteiger partial charge < -0.3 is 0 Å². The van der Waals surface area contributed by atoms with Crippen LogP contribution in [0.25, 0.3) is 0 Å². The predicted octanol–water partition coefficient (Wildman–Crippen LogP) is 5.29. The van der Waals surface area contributed by atoms with Crippen molar-refractivity contribution in [2.24, 2.45) is 0 Å². The molecule has 0 fully saturated rings. The molecule has 0 saturated heterocycles. The summed E-state index contributed by atoms with van der Waals surface area (Å²) in [4.78, 5) is 23.6. The van der Waals surface area contributed by atoms with Crippen molar-refractivity contribution in [2.75, 3.05) is 0 Å². The molecule has 0 aromatic heterocycles. The van der Waals surface area contributed by atoms with E-state index in [4.69, 9.17) is 0 Å². The number of hydrogen-bond acceptors (Lipinski definition) is 2. The zero-order valence-electron chi connectivity index (χ0n) is 13.6. The van der Waals surface area contributed by atoms with E-state index in [1.54, 1.807) is 48.5 Å². The van der Waals surface area contributed by atoms with E-state index in [2.05, 4.69) is 12.2 Å². The van der Waals surface area contributed by atoms with Crippen LogP contribution in [0.1, 0.15) is 33.6 Å². The number of benzene rings is 2. The molecule has 5 heteroatoms. The van der Waals surface area contributed by atoms with Crippen molar-refractivity contribution in [3.05, 3.63) is 96.1 Å². The van der Waals surface area contributed by atoms with E-state index in [1.807, 2.05) is 24.3 Å². The van der Waals surface area contributed by atoms with E-state index in [9.17, 15) is 9.59 Å². The first-order valence-corrected chi connectivity index (χ1v) is 7.15. The Morgan fingerprint density at radius 1 is 0.800 bits per heavy atom. The van der Waals surface area contributed by atoms with Crippen molar-refractivity contribution in [1.82, 2.24) is 0 Å². The standard InChI is InChI=1S/C15H12O2.C5H5.2ClH.Ti/c16-14(12-7-3-1-4-8-12)11-15(17)13-9-5-2-6-10-13;1-2-4-5-3-1;;;/h1-10H,11H2;1-3H,4H2;2*1H;/q;-1;;;. The molecule has 1 aliphatic rings. The number of halogens is 2. The molecule has 3 rings (SSSR count). The quantitative estimate of drug-likeness (QED) is 0.297. The van der Waals surface area contributed by atoms with Crippen molar-refractivity contribution in [2.45, 2.75) is 12.8 Å². The van der Waals surface area contributed by atoms with E-state index >= 15 is 0 Å². The first-order valence-electron chi connectivity index (χ1n) is 7.15. The van der Waals surface area contributed by atoms with E-state index in [0.717, 1.165) is 6.42 Å². The number of allylic oxidation sites excluding steroid dienone is 4. The zero-order chi connectivity index (χ0) is 15.6. The molecule has 2 aromatic carbocycles. The molecule has 0 saturated carbocycles. The summed E-state index contributed by atoms with van der Waals surface area (Å²) >= 11 is 0. The van der Waals surface area contributed by atoms with Crippen molar-refractivity contribution < 1.29 is 31.3 Å². The summed E-state index contributed by atoms with van der Waals surface area (Å²) in [7, 11) is 0. The fourth-order valence-electron chi connectivity index (χ4n) is 1.94. The molecule has 0 atom stereocenters. The molecule has 1 aliphatic carbocycles. The van der Waals surface area contributed by atoms with Crippen molar-refractivity contribution >= 4 is 36.4 Å². The van der Waals surface area contributed by atoms with Gasteiger partial charge in [0.1, 0.15) is 0 Å². The molecule has 2 nitrogen and oxygen atoms in total. The largest absolute Gasteiger partial charge is 0.294 e. The Morgan fingerprint density at radius 3 is 1.52 bits per heavy atom. The normalized spacial score (nSPS) is 10.2. The van der Waals surface area contributed by atoms with E-state index < -0.39 is 0 Å². The third-order valence-electron chi connectivity index (χ3n) is 3.10. The van der Waals surface area contributed by atoms with Gasteiger partial charge in [0.15, 0.2) is 11.6 Å². The minimum atomic E-state index is -0.139. The van der Waals surface area contributed by atoms with Crippen molar-refractivity contribution in [3.8, 4) is 0 Å². The molecule has 0 spiro atoms. The van der Waals surface area contributed by atoms with Crippen LogP contribution in [0.4, 0.5) is 0 Å². The van der Waals surface area contributed by atoms with Crippen molar-refractivity contribution in [1.29, 1.82) is 0 Å². The first kappa shape index (κ1) is 25.8. The summed E-state index contributed by atoms with van der Waals surface area (Å²) in [6, 6.07) is 17.7. The molecular formula is C20H19Cl2O2Ti-. The van der Waals surface area contributed by atoms with Gasteiger partial charge in [-0.25, -0.2) is 12.2 Å². The fourth-order valence-corrected chi connectivity index (χ4v) is 1.94. The second-order valence-corrected chi connectivity index (χ2v) is 4.76. The number of Topliss-reactive ketones (excluding diaryl/α,β-unsaturated/α-hetero) is 2. The third kappa shape index (κ3) is 9.57. The maximum atomic E-state index is 11.8. The van der Waals surface area contributed by atoms with Gasteiger partial charge in [-0.15, -0.1) is 31.2 Å². The van der Waals surface area contributed by atoms with E-state index in [0.29, 0.717) is 11.1 Å². The van der Waals surface area contributed by atoms with Crippen LogP contribution in [0.2, 0.25) is 0 Å². The number of rotatable bonds is 4. The van der Waals surface area contributed by atoms with Crippen LogP contribution in [0.3, 0.4) is 0 Å². The summed E-state index contributed by atoms with van der Waals surface area (Å²) < 4.78 is 0. The smallest absolute Gasteiger partial charge is 0.170 e. The minimum absolute atomic E-state index is 0. The summed E-state index contributed by atoms with van der Waals surface area (Å²) in [6.07, 6.45) is 9.92. The Bertz CT molecular complexity index is 624. The Labute approximate surface area is 176 Å². The summed E-state index contributed by atoms with van der Waals surface area (Å²) in [5.41, 5.74) is 1.16. The van der Waals surface area contributed by atoms with E-state index in [-0.39, 0.29) is 64.5 Å². The zero-order valence-corrected chi connectivity index (χ0v) is 16.7. The number of carbonyl (C=O) groups is 2. The molecular weight excluding hydrogens is 391 g/mol. The average Bonchev–Trinajstić information content (AvgIpc) is 3.16. The summed E-state index contributed by atoms with van der Waals surface area (Å²) in [5.74, 6) is -0.279. The van der Waals surface area contributed by atoms with Crippen LogP contribution < -0.4 is 0 Å². The van der Waals surface area contributed by atoms with Gasteiger partial charge in [-0.1, -0.05) is 60.7 Å². The van der Waals surface area contributed by atoms with Crippen LogP contribution in [0.15, 0.2) is 78.9 Å². The molecule has 0 radical (unpaired) electrons. The SMILES string of the molecule is Cl.Cl.O=C(CC(=O)c1ccccc1)c1ccccc1.[C-]1=CC=CC1.[Ti]. The maximum Gasteiger partial charge on any atom is 0.170 e. The first-order chi connectivity index (χ1) is 10.8. The third-order valence-corrected chi connectivity index (χ3v) is 3.10. The Kier molecular flexibility index (Phi) is 15.3. The van der Waals surface area contributed by atoms with Gasteiger partial charge in [-0.3, -0.25) is 15.7 Å². The molecule has 25 heavy (non-hydrogen) atoms. The minimum Gasteiger partial charge on any atom is -0.294 e. The molecule has 0 unspecified atom stereocenters. The predicted molar refractivity (Wildman–Crippen MR) is 102 cm³/mol. The van der Waals surface area contributed by atoms with E-state index in [1.165, 1.54) is 0 Å². The number of hydrogen-bond donors (Lipinski definition) is 0. The van der Waals surface area contributed by atoms with Gasteiger partial charge in [-0.05, 0) is 0 Å².